The summed E-state index contributed by atoms with van der Waals surface area (Å²) in [5, 5.41) is 2.70. The minimum absolute atomic E-state index is 0.158. The van der Waals surface area contributed by atoms with Crippen LogP contribution in [0.5, 0.6) is 5.75 Å². The summed E-state index contributed by atoms with van der Waals surface area (Å²) in [6.07, 6.45) is 4.13. The molecule has 2 aromatic carbocycles. The summed E-state index contributed by atoms with van der Waals surface area (Å²) >= 11 is 3.38. The maximum absolute atomic E-state index is 12.2. The minimum atomic E-state index is -3.34. The molecule has 0 aliphatic heterocycles. The fourth-order valence-electron chi connectivity index (χ4n) is 2.14. The number of anilines is 1. The van der Waals surface area contributed by atoms with Crippen LogP contribution in [0.2, 0.25) is 0 Å². The molecule has 2 aromatic rings. The van der Waals surface area contributed by atoms with Crippen LogP contribution < -0.4 is 10.1 Å². The van der Waals surface area contributed by atoms with Gasteiger partial charge in [-0.1, -0.05) is 22.0 Å². The van der Waals surface area contributed by atoms with E-state index in [0.29, 0.717) is 11.4 Å². The number of hydrogen-bond acceptors (Lipinski definition) is 4. The highest BCUT2D eigenvalue weighted by Gasteiger charge is 2.10. The molecule has 0 aromatic heterocycles. The first-order chi connectivity index (χ1) is 11.7. The van der Waals surface area contributed by atoms with Gasteiger partial charge in [-0.2, -0.15) is 0 Å². The Bertz CT molecular complexity index is 936. The molecular weight excluding hydrogens is 406 g/mol. The van der Waals surface area contributed by atoms with Crippen LogP contribution in [-0.4, -0.2) is 27.7 Å². The second kappa shape index (κ2) is 7.84. The number of rotatable bonds is 5. The molecule has 2 rings (SSSR count). The third-order valence-electron chi connectivity index (χ3n) is 3.50. The molecule has 132 valence electrons. The van der Waals surface area contributed by atoms with Crippen molar-refractivity contribution in [3.8, 4) is 5.75 Å². The van der Waals surface area contributed by atoms with Gasteiger partial charge >= 0.3 is 0 Å². The molecule has 0 radical (unpaired) electrons. The van der Waals surface area contributed by atoms with Crippen LogP contribution in [0.4, 0.5) is 5.69 Å². The van der Waals surface area contributed by atoms with Crippen LogP contribution >= 0.6 is 15.9 Å². The van der Waals surface area contributed by atoms with Gasteiger partial charge in [0.2, 0.25) is 5.91 Å². The van der Waals surface area contributed by atoms with Crippen LogP contribution in [0.1, 0.15) is 11.1 Å². The van der Waals surface area contributed by atoms with E-state index in [1.165, 1.54) is 18.2 Å². The van der Waals surface area contributed by atoms with E-state index < -0.39 is 9.84 Å². The Morgan fingerprint density at radius 3 is 2.56 bits per heavy atom. The minimum Gasteiger partial charge on any atom is -0.496 e. The third kappa shape index (κ3) is 5.17. The van der Waals surface area contributed by atoms with Crippen LogP contribution in [0.15, 0.2) is 51.8 Å². The van der Waals surface area contributed by atoms with Crippen LogP contribution in [0.3, 0.4) is 0 Å². The van der Waals surface area contributed by atoms with Crippen molar-refractivity contribution in [1.29, 1.82) is 0 Å². The third-order valence-corrected chi connectivity index (χ3v) is 5.10. The number of amides is 1. The zero-order valence-electron chi connectivity index (χ0n) is 14.0. The number of sulfone groups is 1. The highest BCUT2D eigenvalue weighted by atomic mass is 79.9. The lowest BCUT2D eigenvalue weighted by molar-refractivity contribution is -0.111. The van der Waals surface area contributed by atoms with Crippen LogP contribution in [0.25, 0.3) is 6.08 Å². The molecule has 0 spiro atoms. The molecule has 1 amide bonds. The molecule has 0 atom stereocenters. The maximum atomic E-state index is 12.2. The summed E-state index contributed by atoms with van der Waals surface area (Å²) in [6.45, 7) is 1.79. The smallest absolute Gasteiger partial charge is 0.248 e. The van der Waals surface area contributed by atoms with Crippen molar-refractivity contribution in [3.63, 3.8) is 0 Å². The van der Waals surface area contributed by atoms with E-state index in [2.05, 4.69) is 21.2 Å². The zero-order valence-corrected chi connectivity index (χ0v) is 16.4. The van der Waals surface area contributed by atoms with Crippen molar-refractivity contribution >= 4 is 43.4 Å². The van der Waals surface area contributed by atoms with Gasteiger partial charge in [0.05, 0.1) is 12.0 Å². The number of nitrogens with one attached hydrogen (secondary N) is 1. The molecule has 0 saturated heterocycles. The standard InChI is InChI=1S/C18H18BrNO4S/c1-12-4-7-15(25(3,22)23)11-16(12)20-18(21)9-5-13-10-14(19)6-8-17(13)24-2/h4-11H,1-3H3,(H,20,21)/b9-5+. The van der Waals surface area contributed by atoms with Gasteiger partial charge in [0.15, 0.2) is 9.84 Å². The van der Waals surface area contributed by atoms with Gasteiger partial charge in [-0.25, -0.2) is 8.42 Å². The lowest BCUT2D eigenvalue weighted by Gasteiger charge is -2.09. The maximum Gasteiger partial charge on any atom is 0.248 e. The Hall–Kier alpha value is -2.12. The lowest BCUT2D eigenvalue weighted by atomic mass is 10.1. The molecule has 0 saturated carbocycles. The number of carbonyl (C=O) groups is 1. The van der Waals surface area contributed by atoms with Crippen molar-refractivity contribution in [3.05, 3.63) is 58.1 Å². The van der Waals surface area contributed by atoms with E-state index in [1.54, 1.807) is 32.2 Å². The predicted molar refractivity (Wildman–Crippen MR) is 103 cm³/mol. The van der Waals surface area contributed by atoms with E-state index in [9.17, 15) is 13.2 Å². The average Bonchev–Trinajstić information content (AvgIpc) is 2.54. The van der Waals surface area contributed by atoms with E-state index in [-0.39, 0.29) is 10.8 Å². The van der Waals surface area contributed by atoms with E-state index >= 15 is 0 Å². The Labute approximate surface area is 155 Å². The number of aryl methyl sites for hydroxylation is 1. The number of hydrogen-bond donors (Lipinski definition) is 1. The quantitative estimate of drug-likeness (QED) is 0.741. The molecule has 1 N–H and O–H groups in total. The predicted octanol–water partition coefficient (Wildman–Crippen LogP) is 3.82. The van der Waals surface area contributed by atoms with E-state index in [1.807, 2.05) is 12.1 Å². The summed E-state index contributed by atoms with van der Waals surface area (Å²) < 4.78 is 29.4. The molecule has 0 bridgehead atoms. The van der Waals surface area contributed by atoms with E-state index in [4.69, 9.17) is 4.74 Å². The van der Waals surface area contributed by atoms with Gasteiger partial charge in [0.25, 0.3) is 0 Å². The lowest BCUT2D eigenvalue weighted by Crippen LogP contribution is -2.10. The first-order valence-electron chi connectivity index (χ1n) is 7.34. The summed E-state index contributed by atoms with van der Waals surface area (Å²) in [6, 6.07) is 10.1. The fourth-order valence-corrected chi connectivity index (χ4v) is 3.17. The molecular formula is C18H18BrNO4S. The first kappa shape index (κ1) is 19.2. The Kier molecular flexibility index (Phi) is 6.02. The molecule has 0 aliphatic carbocycles. The van der Waals surface area contributed by atoms with Gasteiger partial charge < -0.3 is 10.1 Å². The number of halogens is 1. The van der Waals surface area contributed by atoms with Gasteiger partial charge in [-0.15, -0.1) is 0 Å². The fraction of sp³-hybridized carbons (Fsp3) is 0.167. The second-order valence-corrected chi connectivity index (χ2v) is 8.39. The topological polar surface area (TPSA) is 72.5 Å². The van der Waals surface area contributed by atoms with Crippen LogP contribution in [-0.2, 0) is 14.6 Å². The molecule has 0 aliphatic rings. The largest absolute Gasteiger partial charge is 0.496 e. The summed E-state index contributed by atoms with van der Waals surface area (Å²) in [7, 11) is -1.78. The zero-order chi connectivity index (χ0) is 18.6. The number of benzene rings is 2. The number of ether oxygens (including phenoxy) is 1. The summed E-state index contributed by atoms with van der Waals surface area (Å²) in [4.78, 5) is 12.3. The molecule has 0 fully saturated rings. The van der Waals surface area contributed by atoms with Crippen LogP contribution in [0, 0.1) is 6.92 Å². The van der Waals surface area contributed by atoms with Gasteiger partial charge in [0.1, 0.15) is 5.75 Å². The van der Waals surface area contributed by atoms with Crippen molar-refractivity contribution in [2.24, 2.45) is 0 Å². The number of methoxy groups -OCH3 is 1. The summed E-state index contributed by atoms with van der Waals surface area (Å²) in [5.41, 5.74) is 1.97. The van der Waals surface area contributed by atoms with Crippen molar-refractivity contribution in [1.82, 2.24) is 0 Å². The van der Waals surface area contributed by atoms with Gasteiger partial charge in [-0.3, -0.25) is 4.79 Å². The Morgan fingerprint density at radius 1 is 1.20 bits per heavy atom. The normalized spacial score (nSPS) is 11.5. The molecule has 7 heteroatoms. The van der Waals surface area contributed by atoms with Crippen molar-refractivity contribution in [2.75, 3.05) is 18.7 Å². The van der Waals surface area contributed by atoms with Crippen molar-refractivity contribution in [2.45, 2.75) is 11.8 Å². The highest BCUT2D eigenvalue weighted by Crippen LogP contribution is 2.24. The second-order valence-electron chi connectivity index (χ2n) is 5.46. The monoisotopic (exact) mass is 423 g/mol. The highest BCUT2D eigenvalue weighted by molar-refractivity contribution is 9.10. The Balaban J connectivity index is 2.22. The SMILES string of the molecule is COc1ccc(Br)cc1/C=C/C(=O)Nc1cc(S(C)(=O)=O)ccc1C. The number of carbonyl (C=O) groups excluding carboxylic acids is 1. The van der Waals surface area contributed by atoms with E-state index in [0.717, 1.165) is 21.9 Å². The van der Waals surface area contributed by atoms with Crippen molar-refractivity contribution < 1.29 is 17.9 Å². The summed E-state index contributed by atoms with van der Waals surface area (Å²) in [5.74, 6) is 0.276. The molecule has 5 nitrogen and oxygen atoms in total. The first-order valence-corrected chi connectivity index (χ1v) is 10.0. The van der Waals surface area contributed by atoms with Gasteiger partial charge in [-0.05, 0) is 48.9 Å². The van der Waals surface area contributed by atoms with Gasteiger partial charge in [0, 0.05) is 28.1 Å². The average molecular weight is 424 g/mol. The molecule has 0 unspecified atom stereocenters. The molecule has 0 heterocycles. The molecule has 25 heavy (non-hydrogen) atoms. The Morgan fingerprint density at radius 2 is 1.92 bits per heavy atom.